The first kappa shape index (κ1) is 10.0. The van der Waals surface area contributed by atoms with Crippen molar-refractivity contribution in [2.45, 2.75) is 12.0 Å². The molecular formula is C6H5F2NO3S. The maximum absolute atomic E-state index is 12.6. The molecule has 1 rings (SSSR count). The summed E-state index contributed by atoms with van der Waals surface area (Å²) in [6.07, 6.45) is -1.34. The molecule has 0 amide bonds. The molecule has 7 heteroatoms. The van der Waals surface area contributed by atoms with Gasteiger partial charge in [0.15, 0.2) is 6.10 Å². The van der Waals surface area contributed by atoms with Crippen molar-refractivity contribution >= 4 is 17.5 Å². The Bertz CT molecular complexity index is 301. The summed E-state index contributed by atoms with van der Waals surface area (Å²) in [6, 6.07) is 0. The summed E-state index contributed by atoms with van der Waals surface area (Å²) in [5, 5.41) is 18.2. The van der Waals surface area contributed by atoms with Crippen LogP contribution in [0.25, 0.3) is 0 Å². The van der Waals surface area contributed by atoms with Crippen LogP contribution in [0.5, 0.6) is 0 Å². The molecule has 1 atom stereocenters. The second-order valence-electron chi connectivity index (χ2n) is 2.29. The number of carboxylic acids is 1. The van der Waals surface area contributed by atoms with Crippen LogP contribution in [0, 0.1) is 0 Å². The summed E-state index contributed by atoms with van der Waals surface area (Å²) in [4.78, 5) is 10.0. The molecule has 0 saturated carbocycles. The first-order valence-electron chi connectivity index (χ1n) is 3.15. The van der Waals surface area contributed by atoms with Gasteiger partial charge in [-0.3, -0.25) is 0 Å². The Morgan fingerprint density at radius 3 is 2.69 bits per heavy atom. The van der Waals surface area contributed by atoms with E-state index in [0.717, 1.165) is 17.7 Å². The molecule has 1 aromatic heterocycles. The Hall–Kier alpha value is -1.08. The molecule has 0 aliphatic rings. The summed E-state index contributed by atoms with van der Waals surface area (Å²) in [7, 11) is 0. The number of aliphatic hydroxyl groups is 1. The highest BCUT2D eigenvalue weighted by Gasteiger charge is 2.48. The van der Waals surface area contributed by atoms with E-state index in [0.29, 0.717) is 0 Å². The summed E-state index contributed by atoms with van der Waals surface area (Å²) in [5.41, 5.74) is -0.197. The van der Waals surface area contributed by atoms with Gasteiger partial charge in [0.05, 0.1) is 0 Å². The van der Waals surface area contributed by atoms with Crippen LogP contribution in [0.1, 0.15) is 11.7 Å². The molecule has 0 saturated heterocycles. The van der Waals surface area contributed by atoms with Gasteiger partial charge in [0.2, 0.25) is 0 Å². The monoisotopic (exact) mass is 209 g/mol. The second-order valence-corrected chi connectivity index (χ2v) is 2.95. The minimum atomic E-state index is -4.18. The van der Waals surface area contributed by atoms with Crippen LogP contribution in [0.4, 0.5) is 8.78 Å². The van der Waals surface area contributed by atoms with E-state index < -0.39 is 18.0 Å². The van der Waals surface area contributed by atoms with Crippen molar-refractivity contribution in [2.75, 3.05) is 0 Å². The standard InChI is InChI=1S/C6H5F2NO3S/c7-6(8,5(11)12)4(10)3-1-9-13-2-3/h1-2,4,10H,(H,11,12). The molecule has 1 heterocycles. The molecule has 72 valence electrons. The van der Waals surface area contributed by atoms with E-state index in [2.05, 4.69) is 4.37 Å². The minimum Gasteiger partial charge on any atom is -0.477 e. The minimum absolute atomic E-state index is 0.197. The van der Waals surface area contributed by atoms with Gasteiger partial charge in [-0.15, -0.1) is 0 Å². The largest absolute Gasteiger partial charge is 0.477 e. The third-order valence-electron chi connectivity index (χ3n) is 1.40. The highest BCUT2D eigenvalue weighted by Crippen LogP contribution is 2.31. The lowest BCUT2D eigenvalue weighted by Gasteiger charge is -2.16. The van der Waals surface area contributed by atoms with Gasteiger partial charge in [-0.2, -0.15) is 8.78 Å². The third-order valence-corrected chi connectivity index (χ3v) is 2.00. The molecule has 1 unspecified atom stereocenters. The number of hydrogen-bond donors (Lipinski definition) is 2. The predicted octanol–water partition coefficient (Wildman–Crippen LogP) is 0.896. The molecule has 0 aromatic carbocycles. The highest BCUT2D eigenvalue weighted by molar-refractivity contribution is 7.03. The van der Waals surface area contributed by atoms with Gasteiger partial charge < -0.3 is 10.2 Å². The number of aromatic nitrogens is 1. The number of aliphatic carboxylic acids is 1. The van der Waals surface area contributed by atoms with Crippen molar-refractivity contribution in [1.29, 1.82) is 0 Å². The van der Waals surface area contributed by atoms with Crippen molar-refractivity contribution in [3.8, 4) is 0 Å². The van der Waals surface area contributed by atoms with Crippen LogP contribution in [0.3, 0.4) is 0 Å². The maximum atomic E-state index is 12.6. The van der Waals surface area contributed by atoms with Crippen LogP contribution >= 0.6 is 11.5 Å². The third kappa shape index (κ3) is 1.81. The summed E-state index contributed by atoms with van der Waals surface area (Å²) < 4.78 is 28.7. The Balaban J connectivity index is 2.90. The smallest absolute Gasteiger partial charge is 0.377 e. The van der Waals surface area contributed by atoms with Crippen molar-refractivity contribution in [2.24, 2.45) is 0 Å². The lowest BCUT2D eigenvalue weighted by atomic mass is 10.1. The van der Waals surface area contributed by atoms with Gasteiger partial charge in [-0.05, 0) is 11.5 Å². The average molecular weight is 209 g/mol. The van der Waals surface area contributed by atoms with E-state index >= 15 is 0 Å². The quantitative estimate of drug-likeness (QED) is 0.775. The lowest BCUT2D eigenvalue weighted by molar-refractivity contribution is -0.182. The van der Waals surface area contributed by atoms with Crippen LogP contribution in [-0.2, 0) is 4.79 Å². The zero-order valence-electron chi connectivity index (χ0n) is 6.15. The van der Waals surface area contributed by atoms with Gasteiger partial charge in [0.25, 0.3) is 0 Å². The Labute approximate surface area is 75.6 Å². The molecule has 4 nitrogen and oxygen atoms in total. The number of nitrogens with zero attached hydrogens (tertiary/aromatic N) is 1. The number of aliphatic hydroxyl groups excluding tert-OH is 1. The predicted molar refractivity (Wildman–Crippen MR) is 39.7 cm³/mol. The summed E-state index contributed by atoms with van der Waals surface area (Å²) >= 11 is 0.859. The highest BCUT2D eigenvalue weighted by atomic mass is 32.1. The number of hydrogen-bond acceptors (Lipinski definition) is 4. The Morgan fingerprint density at radius 1 is 1.69 bits per heavy atom. The van der Waals surface area contributed by atoms with E-state index in [1.54, 1.807) is 0 Å². The fourth-order valence-corrected chi connectivity index (χ4v) is 1.23. The van der Waals surface area contributed by atoms with Gasteiger partial charge in [0, 0.05) is 17.1 Å². The summed E-state index contributed by atoms with van der Waals surface area (Å²) in [6.45, 7) is 0. The topological polar surface area (TPSA) is 70.4 Å². The zero-order chi connectivity index (χ0) is 10.1. The molecular weight excluding hydrogens is 204 g/mol. The number of carbonyl (C=O) groups is 1. The van der Waals surface area contributed by atoms with Gasteiger partial charge in [-0.25, -0.2) is 9.17 Å². The van der Waals surface area contributed by atoms with E-state index in [9.17, 15) is 13.6 Å². The van der Waals surface area contributed by atoms with Crippen molar-refractivity contribution in [3.05, 3.63) is 17.1 Å². The van der Waals surface area contributed by atoms with Crippen molar-refractivity contribution < 1.29 is 23.8 Å². The van der Waals surface area contributed by atoms with Gasteiger partial charge in [0.1, 0.15) is 0 Å². The molecule has 0 radical (unpaired) electrons. The number of rotatable bonds is 3. The molecule has 0 aliphatic carbocycles. The first-order valence-corrected chi connectivity index (χ1v) is 3.98. The van der Waals surface area contributed by atoms with Gasteiger partial charge in [-0.1, -0.05) is 0 Å². The Kier molecular flexibility index (Phi) is 2.58. The number of alkyl halides is 2. The van der Waals surface area contributed by atoms with E-state index in [-0.39, 0.29) is 5.56 Å². The normalized spacial score (nSPS) is 14.1. The SMILES string of the molecule is O=C(O)C(F)(F)C(O)c1cnsc1. The molecule has 0 fully saturated rings. The fourth-order valence-electron chi connectivity index (χ4n) is 0.674. The van der Waals surface area contributed by atoms with Crippen LogP contribution in [0.15, 0.2) is 11.6 Å². The Morgan fingerprint density at radius 2 is 2.31 bits per heavy atom. The molecule has 0 aliphatic heterocycles. The molecule has 0 spiro atoms. The van der Waals surface area contributed by atoms with E-state index in [1.807, 2.05) is 0 Å². The van der Waals surface area contributed by atoms with Gasteiger partial charge >= 0.3 is 11.9 Å². The van der Waals surface area contributed by atoms with Crippen molar-refractivity contribution in [3.63, 3.8) is 0 Å². The average Bonchev–Trinajstić information content (AvgIpc) is 2.54. The number of carboxylic acid groups (broad SMARTS) is 1. The second kappa shape index (κ2) is 3.35. The molecule has 0 bridgehead atoms. The number of halogens is 2. The van der Waals surface area contributed by atoms with E-state index in [4.69, 9.17) is 10.2 Å². The molecule has 2 N–H and O–H groups in total. The zero-order valence-corrected chi connectivity index (χ0v) is 6.96. The maximum Gasteiger partial charge on any atom is 0.377 e. The fraction of sp³-hybridized carbons (Fsp3) is 0.333. The van der Waals surface area contributed by atoms with Crippen LogP contribution in [0.2, 0.25) is 0 Å². The van der Waals surface area contributed by atoms with E-state index in [1.165, 1.54) is 5.38 Å². The van der Waals surface area contributed by atoms with Crippen LogP contribution in [-0.4, -0.2) is 26.5 Å². The lowest BCUT2D eigenvalue weighted by Crippen LogP contribution is -2.35. The molecule has 13 heavy (non-hydrogen) atoms. The van der Waals surface area contributed by atoms with Crippen molar-refractivity contribution in [1.82, 2.24) is 4.37 Å². The van der Waals surface area contributed by atoms with Crippen LogP contribution < -0.4 is 0 Å². The first-order chi connectivity index (χ1) is 5.96. The summed E-state index contributed by atoms with van der Waals surface area (Å²) in [5.74, 6) is -6.53. The molecule has 1 aromatic rings.